The summed E-state index contributed by atoms with van der Waals surface area (Å²) >= 11 is 0. The Bertz CT molecular complexity index is 708. The number of aromatic nitrogens is 2. The topological polar surface area (TPSA) is 64.1 Å². The third kappa shape index (κ3) is 2.56. The number of nitrogens with one attached hydrogen (secondary N) is 1. The third-order valence-corrected chi connectivity index (χ3v) is 3.98. The van der Waals surface area contributed by atoms with Crippen molar-refractivity contribution in [2.45, 2.75) is 19.3 Å². The fourth-order valence-corrected chi connectivity index (χ4v) is 2.88. The highest BCUT2D eigenvalue weighted by atomic mass is 16.5. The molecule has 5 nitrogen and oxygen atoms in total. The highest BCUT2D eigenvalue weighted by Gasteiger charge is 2.19. The van der Waals surface area contributed by atoms with Crippen LogP contribution < -0.4 is 5.32 Å². The monoisotopic (exact) mass is 283 g/mol. The largest absolute Gasteiger partial charge is 0.453 e. The van der Waals surface area contributed by atoms with Crippen LogP contribution in [0, 0.1) is 5.92 Å². The normalized spacial score (nSPS) is 19.1. The third-order valence-electron chi connectivity index (χ3n) is 3.98. The van der Waals surface area contributed by atoms with Gasteiger partial charge in [0.15, 0.2) is 5.76 Å². The molecule has 0 radical (unpaired) electrons. The van der Waals surface area contributed by atoms with Gasteiger partial charge in [-0.1, -0.05) is 23.4 Å². The maximum absolute atomic E-state index is 5.76. The maximum Gasteiger partial charge on any atom is 0.238 e. The molecule has 0 saturated carbocycles. The van der Waals surface area contributed by atoms with E-state index in [0.717, 1.165) is 30.5 Å². The molecule has 2 aromatic heterocycles. The fraction of sp³-hybridized carbons (Fsp3) is 0.375. The highest BCUT2D eigenvalue weighted by molar-refractivity contribution is 5.81. The van der Waals surface area contributed by atoms with Crippen molar-refractivity contribution in [2.24, 2.45) is 5.92 Å². The molecule has 1 aromatic carbocycles. The van der Waals surface area contributed by atoms with Crippen molar-refractivity contribution in [3.63, 3.8) is 0 Å². The highest BCUT2D eigenvalue weighted by Crippen LogP contribution is 2.26. The minimum absolute atomic E-state index is 0.532. The fourth-order valence-electron chi connectivity index (χ4n) is 2.88. The zero-order valence-electron chi connectivity index (χ0n) is 11.7. The van der Waals surface area contributed by atoms with Crippen molar-refractivity contribution >= 4 is 11.0 Å². The molecule has 4 rings (SSSR count). The second-order valence-corrected chi connectivity index (χ2v) is 5.58. The summed E-state index contributed by atoms with van der Waals surface area (Å²) in [6.45, 7) is 2.15. The second kappa shape index (κ2) is 5.33. The molecule has 3 heterocycles. The molecular weight excluding hydrogens is 266 g/mol. The minimum atomic E-state index is 0.532. The molecule has 1 fully saturated rings. The van der Waals surface area contributed by atoms with E-state index < -0.39 is 0 Å². The van der Waals surface area contributed by atoms with E-state index in [1.165, 1.54) is 12.8 Å². The Morgan fingerprint density at radius 3 is 3.10 bits per heavy atom. The van der Waals surface area contributed by atoms with Crippen LogP contribution in [0.1, 0.15) is 18.7 Å². The van der Waals surface area contributed by atoms with Crippen molar-refractivity contribution < 1.29 is 8.94 Å². The number of furan rings is 1. The molecule has 0 spiro atoms. The lowest BCUT2D eigenvalue weighted by molar-refractivity contribution is 0.316. The first-order valence-electron chi connectivity index (χ1n) is 7.41. The van der Waals surface area contributed by atoms with E-state index in [1.807, 2.05) is 30.3 Å². The zero-order chi connectivity index (χ0) is 14.1. The number of fused-ring (bicyclic) bond motifs is 1. The van der Waals surface area contributed by atoms with Gasteiger partial charge in [-0.15, -0.1) is 0 Å². The number of benzene rings is 1. The van der Waals surface area contributed by atoms with E-state index in [-0.39, 0.29) is 0 Å². The smallest absolute Gasteiger partial charge is 0.238 e. The number of hydrogen-bond donors (Lipinski definition) is 1. The Hall–Kier alpha value is -2.14. The molecule has 21 heavy (non-hydrogen) atoms. The molecule has 3 aromatic rings. The lowest BCUT2D eigenvalue weighted by Gasteiger charge is -2.20. The molecule has 1 atom stereocenters. The summed E-state index contributed by atoms with van der Waals surface area (Å²) in [5, 5.41) is 8.50. The van der Waals surface area contributed by atoms with Gasteiger partial charge in [0.2, 0.25) is 11.7 Å². The van der Waals surface area contributed by atoms with Crippen LogP contribution in [0.3, 0.4) is 0 Å². The van der Waals surface area contributed by atoms with E-state index in [9.17, 15) is 0 Å². The molecule has 0 bridgehead atoms. The quantitative estimate of drug-likeness (QED) is 0.800. The van der Waals surface area contributed by atoms with Crippen LogP contribution in [0.2, 0.25) is 0 Å². The SMILES string of the molecule is c1ccc2oc(-c3noc(CC4CCCNC4)n3)cc2c1. The van der Waals surface area contributed by atoms with E-state index >= 15 is 0 Å². The molecule has 108 valence electrons. The van der Waals surface area contributed by atoms with Crippen molar-refractivity contribution in [3.8, 4) is 11.6 Å². The first-order valence-corrected chi connectivity index (χ1v) is 7.41. The molecule has 1 N–H and O–H groups in total. The average Bonchev–Trinajstić information content (AvgIpc) is 3.14. The van der Waals surface area contributed by atoms with Crippen molar-refractivity contribution in [2.75, 3.05) is 13.1 Å². The summed E-state index contributed by atoms with van der Waals surface area (Å²) in [5.41, 5.74) is 0.843. The Morgan fingerprint density at radius 2 is 2.24 bits per heavy atom. The van der Waals surface area contributed by atoms with Gasteiger partial charge in [0.05, 0.1) is 0 Å². The lowest BCUT2D eigenvalue weighted by atomic mass is 9.96. The average molecular weight is 283 g/mol. The van der Waals surface area contributed by atoms with Gasteiger partial charge in [-0.25, -0.2) is 0 Å². The van der Waals surface area contributed by atoms with Gasteiger partial charge >= 0.3 is 0 Å². The van der Waals surface area contributed by atoms with Crippen LogP contribution in [0.15, 0.2) is 39.3 Å². The standard InChI is InChI=1S/C16H17N3O2/c1-2-6-13-12(5-1)9-14(20-13)16-18-15(21-19-16)8-11-4-3-7-17-10-11/h1-2,5-6,9,11,17H,3-4,7-8,10H2. The maximum atomic E-state index is 5.76. The van der Waals surface area contributed by atoms with Crippen molar-refractivity contribution in [1.82, 2.24) is 15.5 Å². The van der Waals surface area contributed by atoms with E-state index in [1.54, 1.807) is 0 Å². The van der Waals surface area contributed by atoms with Crippen LogP contribution in [0.4, 0.5) is 0 Å². The molecule has 1 saturated heterocycles. The number of hydrogen-bond acceptors (Lipinski definition) is 5. The van der Waals surface area contributed by atoms with Gasteiger partial charge in [-0.2, -0.15) is 4.98 Å². The predicted molar refractivity (Wildman–Crippen MR) is 78.8 cm³/mol. The summed E-state index contributed by atoms with van der Waals surface area (Å²) in [6, 6.07) is 9.84. The van der Waals surface area contributed by atoms with E-state index in [0.29, 0.717) is 23.4 Å². The van der Waals surface area contributed by atoms with Gasteiger partial charge in [-0.3, -0.25) is 0 Å². The van der Waals surface area contributed by atoms with E-state index in [4.69, 9.17) is 8.94 Å². The second-order valence-electron chi connectivity index (χ2n) is 5.58. The van der Waals surface area contributed by atoms with Gasteiger partial charge in [0.25, 0.3) is 0 Å². The summed E-state index contributed by atoms with van der Waals surface area (Å²) in [7, 11) is 0. The molecule has 1 unspecified atom stereocenters. The minimum Gasteiger partial charge on any atom is -0.453 e. The first-order chi connectivity index (χ1) is 10.4. The van der Waals surface area contributed by atoms with Crippen LogP contribution in [0.5, 0.6) is 0 Å². The Morgan fingerprint density at radius 1 is 1.29 bits per heavy atom. The van der Waals surface area contributed by atoms with Gasteiger partial charge in [0.1, 0.15) is 5.58 Å². The number of rotatable bonds is 3. The van der Waals surface area contributed by atoms with Crippen molar-refractivity contribution in [1.29, 1.82) is 0 Å². The molecular formula is C16H17N3O2. The van der Waals surface area contributed by atoms with Crippen LogP contribution in [-0.4, -0.2) is 23.2 Å². The Balaban J connectivity index is 1.55. The number of nitrogens with zero attached hydrogens (tertiary/aromatic N) is 2. The van der Waals surface area contributed by atoms with Crippen LogP contribution >= 0.6 is 0 Å². The molecule has 1 aliphatic rings. The summed E-state index contributed by atoms with van der Waals surface area (Å²) in [4.78, 5) is 4.47. The van der Waals surface area contributed by atoms with Gasteiger partial charge in [-0.05, 0) is 44.0 Å². The summed E-state index contributed by atoms with van der Waals surface area (Å²) < 4.78 is 11.1. The number of piperidine rings is 1. The zero-order valence-corrected chi connectivity index (χ0v) is 11.7. The van der Waals surface area contributed by atoms with Crippen molar-refractivity contribution in [3.05, 3.63) is 36.2 Å². The Kier molecular flexibility index (Phi) is 3.20. The van der Waals surface area contributed by atoms with Gasteiger partial charge < -0.3 is 14.3 Å². The van der Waals surface area contributed by atoms with Gasteiger partial charge in [0, 0.05) is 11.8 Å². The first kappa shape index (κ1) is 12.6. The molecule has 0 amide bonds. The van der Waals surface area contributed by atoms with E-state index in [2.05, 4.69) is 15.5 Å². The predicted octanol–water partition coefficient (Wildman–Crippen LogP) is 3.02. The molecule has 1 aliphatic heterocycles. The molecule has 5 heteroatoms. The Labute approximate surface area is 122 Å². The van der Waals surface area contributed by atoms with Crippen LogP contribution in [0.25, 0.3) is 22.6 Å². The summed E-state index contributed by atoms with van der Waals surface area (Å²) in [5.74, 6) is 2.47. The number of para-hydroxylation sites is 1. The summed E-state index contributed by atoms with van der Waals surface area (Å²) in [6.07, 6.45) is 3.27. The van der Waals surface area contributed by atoms with Crippen LogP contribution in [-0.2, 0) is 6.42 Å². The lowest BCUT2D eigenvalue weighted by Crippen LogP contribution is -2.30. The molecule has 0 aliphatic carbocycles.